The maximum atomic E-state index is 9.67. The van der Waals surface area contributed by atoms with Crippen molar-refractivity contribution in [2.24, 2.45) is 16.7 Å². The van der Waals surface area contributed by atoms with Gasteiger partial charge in [0, 0.05) is 18.6 Å². The van der Waals surface area contributed by atoms with Gasteiger partial charge in [0.1, 0.15) is 0 Å². The normalized spacial score (nSPS) is 28.6. The van der Waals surface area contributed by atoms with Gasteiger partial charge in [0.25, 0.3) is 0 Å². The Hall–Kier alpha value is -0.200. The smallest absolute Gasteiger partial charge is 0.0531 e. The summed E-state index contributed by atoms with van der Waals surface area (Å²) in [6, 6.07) is 0. The first-order chi connectivity index (χ1) is 9.09. The molecule has 0 aromatic rings. The van der Waals surface area contributed by atoms with E-state index in [1.165, 1.54) is 0 Å². The standard InChI is InChI=1S/C14H28O5/c15-7-12-1-3-13(8-16,4-2-12)5-6-14(9-17,10-18)11-19/h12,15-19H,1-11H2. The predicted octanol–water partition coefficient (Wildman–Crippen LogP) is -0.109. The molecule has 114 valence electrons. The Bertz CT molecular complexity index is 236. The van der Waals surface area contributed by atoms with Gasteiger partial charge in [0.15, 0.2) is 0 Å². The van der Waals surface area contributed by atoms with Crippen molar-refractivity contribution in [3.05, 3.63) is 0 Å². The first-order valence-corrected chi connectivity index (χ1v) is 7.13. The minimum absolute atomic E-state index is 0.0868. The number of hydrogen-bond donors (Lipinski definition) is 5. The van der Waals surface area contributed by atoms with Gasteiger partial charge in [-0.2, -0.15) is 0 Å². The number of aliphatic hydroxyl groups excluding tert-OH is 5. The largest absolute Gasteiger partial charge is 0.396 e. The molecule has 19 heavy (non-hydrogen) atoms. The highest BCUT2D eigenvalue weighted by Crippen LogP contribution is 2.43. The minimum Gasteiger partial charge on any atom is -0.396 e. The Labute approximate surface area is 114 Å². The summed E-state index contributed by atoms with van der Waals surface area (Å²) >= 11 is 0. The molecule has 0 aromatic heterocycles. The summed E-state index contributed by atoms with van der Waals surface area (Å²) in [4.78, 5) is 0. The lowest BCUT2D eigenvalue weighted by Crippen LogP contribution is -2.38. The van der Waals surface area contributed by atoms with Gasteiger partial charge < -0.3 is 25.5 Å². The van der Waals surface area contributed by atoms with Crippen LogP contribution >= 0.6 is 0 Å². The zero-order chi connectivity index (χ0) is 14.4. The summed E-state index contributed by atoms with van der Waals surface area (Å²) in [5.41, 5.74) is -1.04. The third kappa shape index (κ3) is 4.13. The zero-order valence-electron chi connectivity index (χ0n) is 11.6. The van der Waals surface area contributed by atoms with Crippen molar-refractivity contribution < 1.29 is 25.5 Å². The van der Waals surface area contributed by atoms with Crippen LogP contribution in [0.5, 0.6) is 0 Å². The number of rotatable bonds is 8. The second-order valence-corrected chi connectivity index (χ2v) is 6.26. The molecule has 0 bridgehead atoms. The van der Waals surface area contributed by atoms with E-state index in [9.17, 15) is 20.4 Å². The SMILES string of the molecule is OCC1CCC(CO)(CCC(CO)(CO)CO)CC1. The van der Waals surface area contributed by atoms with Crippen LogP contribution in [0.3, 0.4) is 0 Å². The summed E-state index contributed by atoms with van der Waals surface area (Å²) in [7, 11) is 0. The lowest BCUT2D eigenvalue weighted by molar-refractivity contribution is -0.0259. The monoisotopic (exact) mass is 276 g/mol. The van der Waals surface area contributed by atoms with Gasteiger partial charge in [0.2, 0.25) is 0 Å². The highest BCUT2D eigenvalue weighted by Gasteiger charge is 2.38. The Balaban J connectivity index is 2.57. The van der Waals surface area contributed by atoms with Crippen LogP contribution in [0, 0.1) is 16.7 Å². The van der Waals surface area contributed by atoms with Gasteiger partial charge in [-0.05, 0) is 49.9 Å². The Morgan fingerprint density at radius 2 is 1.42 bits per heavy atom. The molecule has 1 aliphatic carbocycles. The molecular formula is C14H28O5. The summed E-state index contributed by atoms with van der Waals surface area (Å²) in [5.74, 6) is 0.331. The third-order valence-electron chi connectivity index (χ3n) is 4.95. The van der Waals surface area contributed by atoms with Crippen molar-refractivity contribution >= 4 is 0 Å². The molecule has 0 radical (unpaired) electrons. The molecule has 5 nitrogen and oxygen atoms in total. The molecule has 1 saturated carbocycles. The third-order valence-corrected chi connectivity index (χ3v) is 4.95. The van der Waals surface area contributed by atoms with Crippen molar-refractivity contribution in [3.8, 4) is 0 Å². The first-order valence-electron chi connectivity index (χ1n) is 7.13. The van der Waals surface area contributed by atoms with Gasteiger partial charge >= 0.3 is 0 Å². The molecule has 5 N–H and O–H groups in total. The number of hydrogen-bond acceptors (Lipinski definition) is 5. The van der Waals surface area contributed by atoms with Crippen molar-refractivity contribution in [3.63, 3.8) is 0 Å². The molecule has 0 amide bonds. The van der Waals surface area contributed by atoms with Crippen molar-refractivity contribution in [2.45, 2.75) is 38.5 Å². The quantitative estimate of drug-likeness (QED) is 0.426. The molecule has 0 unspecified atom stereocenters. The zero-order valence-corrected chi connectivity index (χ0v) is 11.6. The Kier molecular flexibility index (Phi) is 6.69. The van der Waals surface area contributed by atoms with Crippen LogP contribution in [0.4, 0.5) is 0 Å². The molecule has 0 spiro atoms. The maximum absolute atomic E-state index is 9.67. The fourth-order valence-corrected chi connectivity index (χ4v) is 2.88. The van der Waals surface area contributed by atoms with E-state index in [0.29, 0.717) is 18.8 Å². The van der Waals surface area contributed by atoms with Crippen molar-refractivity contribution in [1.29, 1.82) is 0 Å². The van der Waals surface area contributed by atoms with Crippen LogP contribution < -0.4 is 0 Å². The van der Waals surface area contributed by atoms with Crippen LogP contribution in [0.15, 0.2) is 0 Å². The molecular weight excluding hydrogens is 248 g/mol. The van der Waals surface area contributed by atoms with E-state index in [1.807, 2.05) is 0 Å². The van der Waals surface area contributed by atoms with Gasteiger partial charge in [-0.3, -0.25) is 0 Å². The highest BCUT2D eigenvalue weighted by atomic mass is 16.3. The molecule has 1 rings (SSSR count). The Morgan fingerprint density at radius 3 is 1.79 bits per heavy atom. The van der Waals surface area contributed by atoms with E-state index in [0.717, 1.165) is 25.7 Å². The van der Waals surface area contributed by atoms with Crippen molar-refractivity contribution in [1.82, 2.24) is 0 Å². The molecule has 1 fully saturated rings. The van der Waals surface area contributed by atoms with E-state index >= 15 is 0 Å². The van der Waals surface area contributed by atoms with Crippen molar-refractivity contribution in [2.75, 3.05) is 33.0 Å². The predicted molar refractivity (Wildman–Crippen MR) is 71.5 cm³/mol. The molecule has 1 aliphatic rings. The first kappa shape index (κ1) is 16.9. The summed E-state index contributed by atoms with van der Waals surface area (Å²) in [6.07, 6.45) is 4.70. The molecule has 0 saturated heterocycles. The fourth-order valence-electron chi connectivity index (χ4n) is 2.88. The highest BCUT2D eigenvalue weighted by molar-refractivity contribution is 4.88. The topological polar surface area (TPSA) is 101 Å². The Morgan fingerprint density at radius 1 is 0.895 bits per heavy atom. The molecule has 0 heterocycles. The van der Waals surface area contributed by atoms with Gasteiger partial charge in [0.05, 0.1) is 19.8 Å². The lowest BCUT2D eigenvalue weighted by Gasteiger charge is -2.41. The average molecular weight is 276 g/mol. The van der Waals surface area contributed by atoms with Gasteiger partial charge in [-0.25, -0.2) is 0 Å². The van der Waals surface area contributed by atoms with E-state index in [1.54, 1.807) is 0 Å². The van der Waals surface area contributed by atoms with Gasteiger partial charge in [-0.1, -0.05) is 0 Å². The van der Waals surface area contributed by atoms with E-state index in [-0.39, 0.29) is 38.4 Å². The lowest BCUT2D eigenvalue weighted by atomic mass is 9.66. The molecule has 5 heteroatoms. The fraction of sp³-hybridized carbons (Fsp3) is 1.00. The van der Waals surface area contributed by atoms with E-state index in [2.05, 4.69) is 0 Å². The van der Waals surface area contributed by atoms with Gasteiger partial charge in [-0.15, -0.1) is 0 Å². The van der Waals surface area contributed by atoms with Crippen LogP contribution in [-0.2, 0) is 0 Å². The average Bonchev–Trinajstić information content (AvgIpc) is 2.50. The minimum atomic E-state index is -0.851. The molecule has 0 aromatic carbocycles. The van der Waals surface area contributed by atoms with E-state index in [4.69, 9.17) is 5.11 Å². The van der Waals surface area contributed by atoms with E-state index < -0.39 is 5.41 Å². The maximum Gasteiger partial charge on any atom is 0.0531 e. The summed E-state index contributed by atoms with van der Waals surface area (Å²) in [5, 5.41) is 46.8. The van der Waals surface area contributed by atoms with Crippen LogP contribution in [0.25, 0.3) is 0 Å². The summed E-state index contributed by atoms with van der Waals surface area (Å²) < 4.78 is 0. The van der Waals surface area contributed by atoms with Crippen LogP contribution in [-0.4, -0.2) is 58.6 Å². The molecule has 0 atom stereocenters. The number of aliphatic hydroxyl groups is 5. The second kappa shape index (κ2) is 7.55. The second-order valence-electron chi connectivity index (χ2n) is 6.26. The summed E-state index contributed by atoms with van der Waals surface area (Å²) in [6.45, 7) is -0.457. The molecule has 0 aliphatic heterocycles. The van der Waals surface area contributed by atoms with Crippen LogP contribution in [0.1, 0.15) is 38.5 Å². The van der Waals surface area contributed by atoms with Crippen LogP contribution in [0.2, 0.25) is 0 Å².